The van der Waals surface area contributed by atoms with Crippen molar-refractivity contribution in [2.24, 2.45) is 0 Å². The molecule has 1 aromatic carbocycles. The molecule has 1 fully saturated rings. The normalized spacial score (nSPS) is 21.1. The van der Waals surface area contributed by atoms with E-state index >= 15 is 0 Å². The van der Waals surface area contributed by atoms with Crippen molar-refractivity contribution in [3.8, 4) is 5.75 Å². The van der Waals surface area contributed by atoms with E-state index in [0.717, 1.165) is 11.3 Å². The highest BCUT2D eigenvalue weighted by Gasteiger charge is 2.19. The maximum Gasteiger partial charge on any atom is 0.221 e. The Morgan fingerprint density at radius 2 is 2.19 bits per heavy atom. The first-order chi connectivity index (χ1) is 7.81. The van der Waals surface area contributed by atoms with Crippen molar-refractivity contribution in [2.75, 3.05) is 20.2 Å². The summed E-state index contributed by atoms with van der Waals surface area (Å²) in [5.74, 6) is 0.959. The first-order valence-corrected chi connectivity index (χ1v) is 5.44. The molecule has 1 saturated heterocycles. The van der Waals surface area contributed by atoms with Crippen LogP contribution in [0.25, 0.3) is 0 Å². The van der Waals surface area contributed by atoms with Crippen molar-refractivity contribution in [2.45, 2.75) is 12.5 Å². The summed E-state index contributed by atoms with van der Waals surface area (Å²) in [5.41, 5.74) is 1.09. The third kappa shape index (κ3) is 2.33. The molecule has 86 valence electrons. The lowest BCUT2D eigenvalue weighted by atomic mass is 10.1. The second-order valence-corrected chi connectivity index (χ2v) is 3.80. The van der Waals surface area contributed by atoms with E-state index < -0.39 is 0 Å². The molecule has 1 aromatic rings. The highest BCUT2D eigenvalue weighted by atomic mass is 16.5. The molecule has 1 aliphatic rings. The Kier molecular flexibility index (Phi) is 3.41. The van der Waals surface area contributed by atoms with Gasteiger partial charge in [0.05, 0.1) is 13.2 Å². The van der Waals surface area contributed by atoms with E-state index in [4.69, 9.17) is 4.74 Å². The summed E-state index contributed by atoms with van der Waals surface area (Å²) in [4.78, 5) is 11.2. The van der Waals surface area contributed by atoms with E-state index in [1.54, 1.807) is 7.11 Å². The summed E-state index contributed by atoms with van der Waals surface area (Å²) >= 11 is 0. The van der Waals surface area contributed by atoms with Crippen LogP contribution in [-0.4, -0.2) is 26.1 Å². The summed E-state index contributed by atoms with van der Waals surface area (Å²) < 4.78 is 5.31. The average Bonchev–Trinajstić information content (AvgIpc) is 2.54. The van der Waals surface area contributed by atoms with Crippen molar-refractivity contribution < 1.29 is 9.53 Å². The van der Waals surface area contributed by atoms with Gasteiger partial charge in [-0.05, 0) is 6.07 Å². The average molecular weight is 220 g/mol. The van der Waals surface area contributed by atoms with Gasteiger partial charge in [0.2, 0.25) is 5.91 Å². The Balaban J connectivity index is 2.19. The SMILES string of the molecule is COc1ccccc1C1CNC(=O)CCN1. The van der Waals surface area contributed by atoms with Crippen LogP contribution in [-0.2, 0) is 4.79 Å². The van der Waals surface area contributed by atoms with Gasteiger partial charge in [-0.3, -0.25) is 4.79 Å². The smallest absolute Gasteiger partial charge is 0.221 e. The Hall–Kier alpha value is -1.55. The van der Waals surface area contributed by atoms with Gasteiger partial charge in [-0.15, -0.1) is 0 Å². The zero-order valence-corrected chi connectivity index (χ0v) is 9.32. The van der Waals surface area contributed by atoms with E-state index in [1.807, 2.05) is 24.3 Å². The van der Waals surface area contributed by atoms with Crippen LogP contribution < -0.4 is 15.4 Å². The van der Waals surface area contributed by atoms with Gasteiger partial charge >= 0.3 is 0 Å². The number of hydrogen-bond donors (Lipinski definition) is 2. The molecule has 0 saturated carbocycles. The standard InChI is InChI=1S/C12H16N2O2/c1-16-11-5-3-2-4-9(11)10-8-14-12(15)6-7-13-10/h2-5,10,13H,6-8H2,1H3,(H,14,15). The summed E-state index contributed by atoms with van der Waals surface area (Å²) in [6, 6.07) is 8.00. The minimum absolute atomic E-state index is 0.102. The molecular formula is C12H16N2O2. The molecule has 4 heteroatoms. The molecular weight excluding hydrogens is 204 g/mol. The third-order valence-electron chi connectivity index (χ3n) is 2.76. The quantitative estimate of drug-likeness (QED) is 0.776. The number of rotatable bonds is 2. The largest absolute Gasteiger partial charge is 0.496 e. The van der Waals surface area contributed by atoms with Gasteiger partial charge < -0.3 is 15.4 Å². The van der Waals surface area contributed by atoms with Gasteiger partial charge in [0, 0.05) is 25.1 Å². The maximum atomic E-state index is 11.2. The fourth-order valence-corrected chi connectivity index (χ4v) is 1.91. The summed E-state index contributed by atoms with van der Waals surface area (Å²) in [6.45, 7) is 1.31. The molecule has 16 heavy (non-hydrogen) atoms. The van der Waals surface area contributed by atoms with Crippen molar-refractivity contribution >= 4 is 5.91 Å². The Bertz CT molecular complexity index is 379. The van der Waals surface area contributed by atoms with Crippen LogP contribution in [0.5, 0.6) is 5.75 Å². The molecule has 2 rings (SSSR count). The number of hydrogen-bond acceptors (Lipinski definition) is 3. The number of carbonyl (C=O) groups excluding carboxylic acids is 1. The van der Waals surface area contributed by atoms with Crippen LogP contribution in [0.3, 0.4) is 0 Å². The molecule has 1 aliphatic heterocycles. The third-order valence-corrected chi connectivity index (χ3v) is 2.76. The maximum absolute atomic E-state index is 11.2. The number of benzene rings is 1. The second kappa shape index (κ2) is 4.99. The predicted molar refractivity (Wildman–Crippen MR) is 61.4 cm³/mol. The summed E-state index contributed by atoms with van der Waals surface area (Å²) in [7, 11) is 1.66. The van der Waals surface area contributed by atoms with Gasteiger partial charge in [-0.25, -0.2) is 0 Å². The molecule has 1 amide bonds. The molecule has 1 unspecified atom stereocenters. The lowest BCUT2D eigenvalue weighted by Gasteiger charge is -2.18. The lowest BCUT2D eigenvalue weighted by molar-refractivity contribution is -0.120. The van der Waals surface area contributed by atoms with E-state index in [9.17, 15) is 4.79 Å². The topological polar surface area (TPSA) is 50.4 Å². The van der Waals surface area contributed by atoms with Gasteiger partial charge in [0.25, 0.3) is 0 Å². The van der Waals surface area contributed by atoms with Gasteiger partial charge in [-0.1, -0.05) is 18.2 Å². The van der Waals surface area contributed by atoms with Gasteiger partial charge in [0.1, 0.15) is 5.75 Å². The van der Waals surface area contributed by atoms with E-state index in [1.165, 1.54) is 0 Å². The van der Waals surface area contributed by atoms with Crippen molar-refractivity contribution in [1.82, 2.24) is 10.6 Å². The molecule has 0 radical (unpaired) electrons. The van der Waals surface area contributed by atoms with E-state index in [2.05, 4.69) is 10.6 Å². The molecule has 1 atom stereocenters. The minimum atomic E-state index is 0.102. The molecule has 4 nitrogen and oxygen atoms in total. The summed E-state index contributed by atoms with van der Waals surface area (Å²) in [5, 5.41) is 6.23. The number of amides is 1. The molecule has 0 spiro atoms. The number of para-hydroxylation sites is 1. The van der Waals surface area contributed by atoms with E-state index in [0.29, 0.717) is 19.5 Å². The highest BCUT2D eigenvalue weighted by Crippen LogP contribution is 2.24. The fourth-order valence-electron chi connectivity index (χ4n) is 1.91. The number of nitrogens with one attached hydrogen (secondary N) is 2. The van der Waals surface area contributed by atoms with Crippen molar-refractivity contribution in [3.05, 3.63) is 29.8 Å². The Labute approximate surface area is 95.0 Å². The first kappa shape index (κ1) is 11.0. The summed E-state index contributed by atoms with van der Waals surface area (Å²) in [6.07, 6.45) is 0.533. The first-order valence-electron chi connectivity index (χ1n) is 5.44. The number of carbonyl (C=O) groups is 1. The Morgan fingerprint density at radius 3 is 3.00 bits per heavy atom. The molecule has 0 aliphatic carbocycles. The van der Waals surface area contributed by atoms with Crippen LogP contribution in [0.15, 0.2) is 24.3 Å². The Morgan fingerprint density at radius 1 is 1.38 bits per heavy atom. The molecule has 0 bridgehead atoms. The van der Waals surface area contributed by atoms with Crippen LogP contribution in [0.4, 0.5) is 0 Å². The van der Waals surface area contributed by atoms with E-state index in [-0.39, 0.29) is 11.9 Å². The van der Waals surface area contributed by atoms with Gasteiger partial charge in [-0.2, -0.15) is 0 Å². The lowest BCUT2D eigenvalue weighted by Crippen LogP contribution is -2.29. The number of methoxy groups -OCH3 is 1. The van der Waals surface area contributed by atoms with Gasteiger partial charge in [0.15, 0.2) is 0 Å². The zero-order chi connectivity index (χ0) is 11.4. The second-order valence-electron chi connectivity index (χ2n) is 3.80. The van der Waals surface area contributed by atoms with Crippen molar-refractivity contribution in [1.29, 1.82) is 0 Å². The van der Waals surface area contributed by atoms with Crippen LogP contribution in [0.2, 0.25) is 0 Å². The predicted octanol–water partition coefficient (Wildman–Crippen LogP) is 0.846. The zero-order valence-electron chi connectivity index (χ0n) is 9.32. The fraction of sp³-hybridized carbons (Fsp3) is 0.417. The van der Waals surface area contributed by atoms with Crippen LogP contribution in [0.1, 0.15) is 18.0 Å². The molecule has 1 heterocycles. The molecule has 0 aromatic heterocycles. The number of ether oxygens (including phenoxy) is 1. The highest BCUT2D eigenvalue weighted by molar-refractivity contribution is 5.76. The van der Waals surface area contributed by atoms with Crippen molar-refractivity contribution in [3.63, 3.8) is 0 Å². The molecule has 2 N–H and O–H groups in total. The minimum Gasteiger partial charge on any atom is -0.496 e. The van der Waals surface area contributed by atoms with Crippen LogP contribution >= 0.6 is 0 Å². The van der Waals surface area contributed by atoms with Crippen LogP contribution in [0, 0.1) is 0 Å². The monoisotopic (exact) mass is 220 g/mol.